The van der Waals surface area contributed by atoms with Crippen molar-refractivity contribution < 1.29 is 14.3 Å². The van der Waals surface area contributed by atoms with E-state index in [0.29, 0.717) is 29.1 Å². The number of hydrogen-bond acceptors (Lipinski definition) is 6. The van der Waals surface area contributed by atoms with Crippen molar-refractivity contribution in [2.24, 2.45) is 0 Å². The van der Waals surface area contributed by atoms with Crippen LogP contribution in [0.3, 0.4) is 0 Å². The fraction of sp³-hybridized carbons (Fsp3) is 0.114. The molecule has 0 fully saturated rings. The zero-order chi connectivity index (χ0) is 29.5. The highest BCUT2D eigenvalue weighted by Gasteiger charge is 2.28. The van der Waals surface area contributed by atoms with E-state index in [0.717, 1.165) is 43.9 Å². The summed E-state index contributed by atoms with van der Waals surface area (Å²) in [6, 6.07) is 30.1. The van der Waals surface area contributed by atoms with Crippen LogP contribution in [0, 0.1) is 12.7 Å². The fourth-order valence-corrected chi connectivity index (χ4v) is 6.74. The summed E-state index contributed by atoms with van der Waals surface area (Å²) in [6.45, 7) is 2.28. The van der Waals surface area contributed by atoms with Crippen LogP contribution in [0.15, 0.2) is 103 Å². The monoisotopic (exact) mass is 586 g/mol. The second-order valence-electron chi connectivity index (χ2n) is 10.5. The highest BCUT2D eigenvalue weighted by atomic mass is 32.1. The molecule has 0 saturated carbocycles. The molecule has 0 bridgehead atoms. The number of aromatic nitrogens is 2. The number of pyridine rings is 2. The Labute approximate surface area is 252 Å². The fourth-order valence-electron chi connectivity index (χ4n) is 5.60. The zero-order valence-corrected chi connectivity index (χ0v) is 24.1. The number of nitrogens with zero attached hydrogens (tertiary/aromatic N) is 3. The van der Waals surface area contributed by atoms with E-state index in [1.165, 1.54) is 17.4 Å². The van der Waals surface area contributed by atoms with E-state index in [1.807, 2.05) is 77.7 Å². The maximum Gasteiger partial charge on any atom is 0.265 e. The topological polar surface area (TPSA) is 78.4 Å². The van der Waals surface area contributed by atoms with Crippen molar-refractivity contribution >= 4 is 39.5 Å². The average molecular weight is 587 g/mol. The smallest absolute Gasteiger partial charge is 0.265 e. The van der Waals surface area contributed by atoms with Crippen LogP contribution >= 0.6 is 11.3 Å². The Morgan fingerprint density at radius 3 is 2.74 bits per heavy atom. The third-order valence-corrected chi connectivity index (χ3v) is 9.01. The highest BCUT2D eigenvalue weighted by molar-refractivity contribution is 7.17. The molecule has 4 heterocycles. The molecule has 1 aliphatic rings. The summed E-state index contributed by atoms with van der Waals surface area (Å²) in [5, 5.41) is 15.5. The number of halogens is 1. The molecule has 3 aromatic carbocycles. The summed E-state index contributed by atoms with van der Waals surface area (Å²) in [6.07, 6.45) is 1.41. The Morgan fingerprint density at radius 1 is 1.00 bits per heavy atom. The summed E-state index contributed by atoms with van der Waals surface area (Å²) in [4.78, 5) is 25.9. The number of rotatable bonds is 5. The average Bonchev–Trinajstić information content (AvgIpc) is 3.40. The van der Waals surface area contributed by atoms with Gasteiger partial charge in [0.15, 0.2) is 6.23 Å². The van der Waals surface area contributed by atoms with Gasteiger partial charge in [-0.25, -0.2) is 9.37 Å². The lowest BCUT2D eigenvalue weighted by molar-refractivity contribution is 0.103. The Kier molecular flexibility index (Phi) is 6.93. The van der Waals surface area contributed by atoms with E-state index in [9.17, 15) is 14.3 Å². The van der Waals surface area contributed by atoms with Crippen molar-refractivity contribution in [1.82, 2.24) is 9.97 Å². The molecule has 2 N–H and O–H groups in total. The van der Waals surface area contributed by atoms with Crippen molar-refractivity contribution in [3.8, 4) is 21.7 Å². The predicted molar refractivity (Wildman–Crippen MR) is 170 cm³/mol. The number of aliphatic hydroxyl groups excluding tert-OH is 1. The Balaban J connectivity index is 1.19. The lowest BCUT2D eigenvalue weighted by Crippen LogP contribution is -2.30. The summed E-state index contributed by atoms with van der Waals surface area (Å²) >= 11 is 1.38. The predicted octanol–water partition coefficient (Wildman–Crippen LogP) is 7.78. The standard InChI is InChI=1S/C35H27FN4O2S/c1-21-7-4-10-26(36)32(21)39-34(41)31-20-24-16-18-40(30-13-3-2-9-25(30)33(24)43-31)35(42)29-12-5-11-28(38-29)23-14-15-27-22(19-23)8-6-17-37-27/h2-15,17,19-20,35,42H,16,18H2,1H3,(H,39,41). The van der Waals surface area contributed by atoms with Crippen LogP contribution < -0.4 is 10.2 Å². The summed E-state index contributed by atoms with van der Waals surface area (Å²) in [5.74, 6) is -0.803. The van der Waals surface area contributed by atoms with E-state index in [-0.39, 0.29) is 11.6 Å². The van der Waals surface area contributed by atoms with Crippen LogP contribution in [0.2, 0.25) is 0 Å². The molecule has 7 rings (SSSR count). The minimum atomic E-state index is -0.982. The van der Waals surface area contributed by atoms with Crippen LogP contribution in [0.1, 0.15) is 32.7 Å². The number of anilines is 2. The molecular weight excluding hydrogens is 559 g/mol. The van der Waals surface area contributed by atoms with Crippen molar-refractivity contribution in [3.63, 3.8) is 0 Å². The van der Waals surface area contributed by atoms with E-state index in [1.54, 1.807) is 25.3 Å². The number of fused-ring (bicyclic) bond motifs is 4. The third-order valence-electron chi connectivity index (χ3n) is 7.80. The first-order valence-corrected chi connectivity index (χ1v) is 14.8. The van der Waals surface area contributed by atoms with E-state index < -0.39 is 12.0 Å². The van der Waals surface area contributed by atoms with Crippen LogP contribution in [0.4, 0.5) is 15.8 Å². The number of para-hydroxylation sites is 2. The first-order valence-electron chi connectivity index (χ1n) is 14.0. The molecule has 6 aromatic rings. The minimum Gasteiger partial charge on any atom is -0.368 e. The molecule has 1 aliphatic heterocycles. The minimum absolute atomic E-state index is 0.195. The molecule has 8 heteroatoms. The van der Waals surface area contributed by atoms with Gasteiger partial charge in [0.2, 0.25) is 0 Å². The van der Waals surface area contributed by atoms with Crippen molar-refractivity contribution in [2.75, 3.05) is 16.8 Å². The maximum atomic E-state index is 14.4. The number of thiophene rings is 1. The first kappa shape index (κ1) is 26.9. The maximum absolute atomic E-state index is 14.4. The molecule has 0 saturated heterocycles. The zero-order valence-electron chi connectivity index (χ0n) is 23.3. The molecule has 6 nitrogen and oxygen atoms in total. The van der Waals surface area contributed by atoms with E-state index >= 15 is 0 Å². The van der Waals surface area contributed by atoms with Crippen molar-refractivity contribution in [3.05, 3.63) is 131 Å². The molecule has 43 heavy (non-hydrogen) atoms. The molecule has 0 aliphatic carbocycles. The van der Waals surface area contributed by atoms with Crippen LogP contribution in [-0.4, -0.2) is 27.5 Å². The Bertz CT molecular complexity index is 1990. The third kappa shape index (κ3) is 5.05. The van der Waals surface area contributed by atoms with E-state index in [4.69, 9.17) is 4.98 Å². The van der Waals surface area contributed by atoms with Crippen LogP contribution in [-0.2, 0) is 6.42 Å². The number of aliphatic hydroxyl groups is 1. The quantitative estimate of drug-likeness (QED) is 0.216. The van der Waals surface area contributed by atoms with Gasteiger partial charge >= 0.3 is 0 Å². The highest BCUT2D eigenvalue weighted by Crippen LogP contribution is 2.43. The number of carbonyl (C=O) groups is 1. The largest absolute Gasteiger partial charge is 0.368 e. The van der Waals surface area contributed by atoms with Gasteiger partial charge in [-0.15, -0.1) is 11.3 Å². The lowest BCUT2D eigenvalue weighted by Gasteiger charge is -2.30. The molecule has 1 atom stereocenters. The van der Waals surface area contributed by atoms with Gasteiger partial charge in [0, 0.05) is 39.8 Å². The van der Waals surface area contributed by atoms with Gasteiger partial charge in [-0.05, 0) is 73.0 Å². The van der Waals surface area contributed by atoms with Crippen LogP contribution in [0.5, 0.6) is 0 Å². The molecule has 0 spiro atoms. The van der Waals surface area contributed by atoms with Gasteiger partial charge in [0.1, 0.15) is 5.82 Å². The molecule has 1 amide bonds. The molecular formula is C35H27FN4O2S. The SMILES string of the molecule is Cc1cccc(F)c1NC(=O)c1cc2c(s1)-c1ccccc1N(C(O)c1cccc(-c3ccc4ncccc4c3)n1)CC2. The Hall–Kier alpha value is -4.92. The molecule has 1 unspecified atom stereocenters. The van der Waals surface area contributed by atoms with Gasteiger partial charge in [0.25, 0.3) is 5.91 Å². The van der Waals surface area contributed by atoms with E-state index in [2.05, 4.69) is 16.4 Å². The lowest BCUT2D eigenvalue weighted by atomic mass is 10.1. The van der Waals surface area contributed by atoms with Crippen molar-refractivity contribution in [1.29, 1.82) is 0 Å². The van der Waals surface area contributed by atoms with Gasteiger partial charge in [-0.1, -0.05) is 48.5 Å². The summed E-state index contributed by atoms with van der Waals surface area (Å²) in [7, 11) is 0. The number of amides is 1. The van der Waals surface area contributed by atoms with Crippen molar-refractivity contribution in [2.45, 2.75) is 19.6 Å². The second-order valence-corrected chi connectivity index (χ2v) is 11.6. The number of nitrogens with one attached hydrogen (secondary N) is 1. The first-order chi connectivity index (χ1) is 21.0. The summed E-state index contributed by atoms with van der Waals surface area (Å²) in [5.41, 5.74) is 6.83. The second kappa shape index (κ2) is 11.1. The molecule has 212 valence electrons. The van der Waals surface area contributed by atoms with Gasteiger partial charge in [-0.2, -0.15) is 0 Å². The van der Waals surface area contributed by atoms with Gasteiger partial charge in [-0.3, -0.25) is 9.78 Å². The summed E-state index contributed by atoms with van der Waals surface area (Å²) < 4.78 is 14.4. The van der Waals surface area contributed by atoms with Gasteiger partial charge < -0.3 is 15.3 Å². The molecule has 0 radical (unpaired) electrons. The normalized spacial score (nSPS) is 13.2. The number of aryl methyl sites for hydroxylation is 1. The Morgan fingerprint density at radius 2 is 1.86 bits per heavy atom. The number of benzene rings is 3. The van der Waals surface area contributed by atoms with Crippen LogP contribution in [0.25, 0.3) is 32.6 Å². The number of carbonyl (C=O) groups excluding carboxylic acids is 1. The molecule has 3 aromatic heterocycles. The number of hydrogen-bond donors (Lipinski definition) is 2. The van der Waals surface area contributed by atoms with Gasteiger partial charge in [0.05, 0.1) is 27.5 Å².